The minimum Gasteiger partial charge on any atom is -0.473 e. The number of para-hydroxylation sites is 1. The molecule has 5 rings (SSSR count). The number of pyridine rings is 1. The van der Waals surface area contributed by atoms with E-state index < -0.39 is 0 Å². The molecule has 0 amide bonds. The third kappa shape index (κ3) is 5.10. The first kappa shape index (κ1) is 20.5. The Morgan fingerprint density at radius 3 is 1.91 bits per heavy atom. The van der Waals surface area contributed by atoms with Gasteiger partial charge in [0.25, 0.3) is 0 Å². The summed E-state index contributed by atoms with van der Waals surface area (Å²) < 4.78 is 14.1. The van der Waals surface area contributed by atoms with Crippen molar-refractivity contribution in [3.8, 4) is 28.7 Å². The predicted octanol–water partition coefficient (Wildman–Crippen LogP) is 6.09. The minimum atomic E-state index is 0.405. The van der Waals surface area contributed by atoms with E-state index >= 15 is 0 Å². The van der Waals surface area contributed by atoms with Crippen LogP contribution in [0.2, 0.25) is 0 Å². The van der Waals surface area contributed by atoms with Gasteiger partial charge in [-0.05, 0) is 29.3 Å². The van der Waals surface area contributed by atoms with Crippen molar-refractivity contribution >= 4 is 0 Å². The van der Waals surface area contributed by atoms with Crippen LogP contribution < -0.4 is 9.47 Å². The average Bonchev–Trinajstić information content (AvgIpc) is 3.38. The Kier molecular flexibility index (Phi) is 6.11. The Morgan fingerprint density at radius 2 is 1.24 bits per heavy atom. The molecule has 0 aliphatic heterocycles. The van der Waals surface area contributed by atoms with Crippen molar-refractivity contribution in [3.63, 3.8) is 0 Å². The molecule has 5 heteroatoms. The van der Waals surface area contributed by atoms with Crippen molar-refractivity contribution in [1.29, 1.82) is 0 Å². The van der Waals surface area contributed by atoms with E-state index in [9.17, 15) is 0 Å². The lowest BCUT2D eigenvalue weighted by Gasteiger charge is -2.12. The van der Waals surface area contributed by atoms with Gasteiger partial charge in [-0.15, -0.1) is 0 Å². The van der Waals surface area contributed by atoms with Crippen LogP contribution >= 0.6 is 0 Å². The van der Waals surface area contributed by atoms with Crippen LogP contribution in [0.15, 0.2) is 116 Å². The Morgan fingerprint density at radius 1 is 0.636 bits per heavy atom. The number of imidazole rings is 1. The summed E-state index contributed by atoms with van der Waals surface area (Å²) in [4.78, 5) is 9.27. The van der Waals surface area contributed by atoms with Gasteiger partial charge in [0.2, 0.25) is 11.8 Å². The summed E-state index contributed by atoms with van der Waals surface area (Å²) in [6, 6.07) is 33.9. The third-order valence-electron chi connectivity index (χ3n) is 5.20. The van der Waals surface area contributed by atoms with E-state index in [0.717, 1.165) is 28.1 Å². The molecule has 0 aliphatic rings. The van der Waals surface area contributed by atoms with Crippen LogP contribution in [-0.4, -0.2) is 14.5 Å². The molecular weight excluding hydrogens is 410 g/mol. The number of benzene rings is 3. The van der Waals surface area contributed by atoms with Gasteiger partial charge in [-0.2, -0.15) is 4.98 Å². The second-order valence-electron chi connectivity index (χ2n) is 7.55. The van der Waals surface area contributed by atoms with E-state index in [1.165, 1.54) is 0 Å². The van der Waals surface area contributed by atoms with Crippen LogP contribution in [0.4, 0.5) is 0 Å². The van der Waals surface area contributed by atoms with Gasteiger partial charge in [0.15, 0.2) is 0 Å². The molecule has 2 heterocycles. The molecule has 0 atom stereocenters. The molecule has 0 saturated heterocycles. The topological polar surface area (TPSA) is 49.2 Å². The Labute approximate surface area is 192 Å². The Hall–Kier alpha value is -4.38. The monoisotopic (exact) mass is 433 g/mol. The standard InChI is InChI=1S/C28H23N3O2/c1-4-10-22(11-5-1)19-32-27-17-16-25(28(30-27)33-20-23-12-6-2-7-13-23)26-18-31(21-29-26)24-14-8-3-9-15-24/h1-18,21H,19-20H2. The molecule has 0 saturated carbocycles. The van der Waals surface area contributed by atoms with E-state index in [1.807, 2.05) is 114 Å². The lowest BCUT2D eigenvalue weighted by atomic mass is 10.2. The van der Waals surface area contributed by atoms with Gasteiger partial charge >= 0.3 is 0 Å². The van der Waals surface area contributed by atoms with Crippen molar-refractivity contribution in [1.82, 2.24) is 14.5 Å². The number of hydrogen-bond donors (Lipinski definition) is 0. The maximum Gasteiger partial charge on any atom is 0.226 e. The fraction of sp³-hybridized carbons (Fsp3) is 0.0714. The van der Waals surface area contributed by atoms with Gasteiger partial charge in [0, 0.05) is 18.0 Å². The predicted molar refractivity (Wildman–Crippen MR) is 128 cm³/mol. The maximum absolute atomic E-state index is 6.14. The number of hydrogen-bond acceptors (Lipinski definition) is 4. The molecule has 3 aromatic carbocycles. The molecule has 0 radical (unpaired) electrons. The van der Waals surface area contributed by atoms with Gasteiger partial charge in [-0.25, -0.2) is 4.98 Å². The molecule has 162 valence electrons. The van der Waals surface area contributed by atoms with Crippen LogP contribution in [0.5, 0.6) is 11.8 Å². The van der Waals surface area contributed by atoms with Crippen LogP contribution in [0.3, 0.4) is 0 Å². The highest BCUT2D eigenvalue weighted by Gasteiger charge is 2.14. The van der Waals surface area contributed by atoms with Gasteiger partial charge in [-0.1, -0.05) is 78.9 Å². The van der Waals surface area contributed by atoms with Gasteiger partial charge in [-0.3, -0.25) is 0 Å². The number of ether oxygens (including phenoxy) is 2. The van der Waals surface area contributed by atoms with E-state index in [0.29, 0.717) is 25.0 Å². The molecule has 2 aromatic heterocycles. The zero-order chi connectivity index (χ0) is 22.3. The maximum atomic E-state index is 6.14. The minimum absolute atomic E-state index is 0.405. The highest BCUT2D eigenvalue weighted by Crippen LogP contribution is 2.31. The summed E-state index contributed by atoms with van der Waals surface area (Å²) in [6.45, 7) is 0.844. The SMILES string of the molecule is c1ccc(COc2ccc(-c3cn(-c4ccccc4)cn3)c(OCc3ccccc3)n2)cc1. The lowest BCUT2D eigenvalue weighted by molar-refractivity contribution is 0.268. The zero-order valence-corrected chi connectivity index (χ0v) is 18.0. The molecule has 0 aliphatic carbocycles. The summed E-state index contributed by atoms with van der Waals surface area (Å²) in [7, 11) is 0. The van der Waals surface area contributed by atoms with Crippen molar-refractivity contribution in [2.24, 2.45) is 0 Å². The van der Waals surface area contributed by atoms with E-state index in [4.69, 9.17) is 9.47 Å². The summed E-state index contributed by atoms with van der Waals surface area (Å²) >= 11 is 0. The summed E-state index contributed by atoms with van der Waals surface area (Å²) in [5.41, 5.74) is 4.78. The summed E-state index contributed by atoms with van der Waals surface area (Å²) in [5.74, 6) is 0.996. The summed E-state index contributed by atoms with van der Waals surface area (Å²) in [5, 5.41) is 0. The normalized spacial score (nSPS) is 10.7. The van der Waals surface area contributed by atoms with Crippen molar-refractivity contribution in [2.45, 2.75) is 13.2 Å². The van der Waals surface area contributed by atoms with E-state index in [1.54, 1.807) is 6.33 Å². The van der Waals surface area contributed by atoms with Gasteiger partial charge in [0.1, 0.15) is 13.2 Å². The molecule has 0 unspecified atom stereocenters. The molecule has 0 bridgehead atoms. The van der Waals surface area contributed by atoms with Crippen LogP contribution in [0.1, 0.15) is 11.1 Å². The molecule has 0 spiro atoms. The van der Waals surface area contributed by atoms with Crippen LogP contribution in [0, 0.1) is 0 Å². The highest BCUT2D eigenvalue weighted by molar-refractivity contribution is 5.65. The van der Waals surface area contributed by atoms with Crippen molar-refractivity contribution in [2.75, 3.05) is 0 Å². The van der Waals surface area contributed by atoms with Crippen LogP contribution in [-0.2, 0) is 13.2 Å². The zero-order valence-electron chi connectivity index (χ0n) is 18.0. The highest BCUT2D eigenvalue weighted by atomic mass is 16.5. The first-order valence-corrected chi connectivity index (χ1v) is 10.8. The summed E-state index contributed by atoms with van der Waals surface area (Å²) in [6.07, 6.45) is 3.78. The van der Waals surface area contributed by atoms with E-state index in [2.05, 4.69) is 9.97 Å². The van der Waals surface area contributed by atoms with E-state index in [-0.39, 0.29) is 0 Å². The smallest absolute Gasteiger partial charge is 0.226 e. The number of rotatable bonds is 8. The van der Waals surface area contributed by atoms with Crippen molar-refractivity contribution < 1.29 is 9.47 Å². The van der Waals surface area contributed by atoms with Gasteiger partial charge in [0.05, 0.1) is 17.6 Å². The van der Waals surface area contributed by atoms with Gasteiger partial charge < -0.3 is 14.0 Å². The Bertz CT molecular complexity index is 1300. The molecule has 0 N–H and O–H groups in total. The fourth-order valence-electron chi connectivity index (χ4n) is 3.47. The average molecular weight is 434 g/mol. The Balaban J connectivity index is 1.42. The van der Waals surface area contributed by atoms with Crippen molar-refractivity contribution in [3.05, 3.63) is 127 Å². The second-order valence-corrected chi connectivity index (χ2v) is 7.55. The first-order chi connectivity index (χ1) is 16.3. The fourth-order valence-corrected chi connectivity index (χ4v) is 3.47. The number of nitrogens with zero attached hydrogens (tertiary/aromatic N) is 3. The largest absolute Gasteiger partial charge is 0.473 e. The molecule has 5 nitrogen and oxygen atoms in total. The second kappa shape index (κ2) is 9.83. The third-order valence-corrected chi connectivity index (χ3v) is 5.20. The number of aromatic nitrogens is 3. The lowest BCUT2D eigenvalue weighted by Crippen LogP contribution is -2.02. The quantitative estimate of drug-likeness (QED) is 0.297. The molecular formula is C28H23N3O2. The molecule has 5 aromatic rings. The molecule has 33 heavy (non-hydrogen) atoms. The first-order valence-electron chi connectivity index (χ1n) is 10.8. The molecule has 0 fully saturated rings. The van der Waals surface area contributed by atoms with Crippen LogP contribution in [0.25, 0.3) is 16.9 Å².